The number of Topliss-reactive ketones (excluding diaryl/α,β-unsaturated/α-hetero) is 1. The first-order valence-corrected chi connectivity index (χ1v) is 12.2. The van der Waals surface area contributed by atoms with Gasteiger partial charge in [-0.25, -0.2) is 0 Å². The number of hydrogen-bond acceptors (Lipinski definition) is 4. The van der Waals surface area contributed by atoms with Gasteiger partial charge in [-0.3, -0.25) is 4.79 Å². The summed E-state index contributed by atoms with van der Waals surface area (Å²) in [7, 11) is 0. The zero-order chi connectivity index (χ0) is 24.3. The normalized spacial score (nSPS) is 14.9. The Hall–Kier alpha value is -3.24. The van der Waals surface area contributed by atoms with Crippen molar-refractivity contribution in [1.82, 2.24) is 0 Å². The standard InChI is InChI=1S/C30H33NO3/c1-5-17-30(18-6-2)26-14-10-9-13-24(26)25-16-15-22(19-27(25)30)29(33)28(31-34-21(4)32)23-12-8-7-11-20(23)3/h7-16,19,21,32H,5-6,17-18H2,1-4H3/b31-28+. The first-order chi connectivity index (χ1) is 16.4. The third-order valence-corrected chi connectivity index (χ3v) is 6.80. The number of hydrogen-bond donors (Lipinski definition) is 1. The van der Waals surface area contributed by atoms with Gasteiger partial charge in [-0.15, -0.1) is 0 Å². The zero-order valence-corrected chi connectivity index (χ0v) is 20.5. The van der Waals surface area contributed by atoms with E-state index < -0.39 is 6.29 Å². The summed E-state index contributed by atoms with van der Waals surface area (Å²) in [6.07, 6.45) is 3.08. The van der Waals surface area contributed by atoms with Crippen LogP contribution >= 0.6 is 0 Å². The number of nitrogens with zero attached hydrogens (tertiary/aromatic N) is 1. The highest BCUT2D eigenvalue weighted by Crippen LogP contribution is 2.53. The minimum absolute atomic E-state index is 0.0954. The molecule has 1 aliphatic carbocycles. The van der Waals surface area contributed by atoms with Gasteiger partial charge in [0, 0.05) is 23.5 Å². The maximum absolute atomic E-state index is 13.8. The second kappa shape index (κ2) is 9.94. The van der Waals surface area contributed by atoms with Crippen LogP contribution in [0.25, 0.3) is 11.1 Å². The number of ketones is 1. The molecule has 4 nitrogen and oxygen atoms in total. The number of benzene rings is 3. The third kappa shape index (κ3) is 4.19. The third-order valence-electron chi connectivity index (χ3n) is 6.80. The number of aryl methyl sites for hydroxylation is 1. The minimum atomic E-state index is -1.11. The number of carbonyl (C=O) groups is 1. The molecule has 0 spiro atoms. The Morgan fingerprint density at radius 2 is 1.59 bits per heavy atom. The smallest absolute Gasteiger partial charge is 0.221 e. The molecule has 4 rings (SSSR count). The first-order valence-electron chi connectivity index (χ1n) is 12.2. The number of rotatable bonds is 9. The lowest BCUT2D eigenvalue weighted by atomic mass is 9.71. The monoisotopic (exact) mass is 455 g/mol. The van der Waals surface area contributed by atoms with Crippen molar-refractivity contribution in [3.8, 4) is 11.1 Å². The summed E-state index contributed by atoms with van der Waals surface area (Å²) in [6, 6.07) is 22.3. The minimum Gasteiger partial charge on any atom is -0.363 e. The van der Waals surface area contributed by atoms with Gasteiger partial charge in [-0.1, -0.05) is 92.5 Å². The fourth-order valence-corrected chi connectivity index (χ4v) is 5.43. The summed E-state index contributed by atoms with van der Waals surface area (Å²) in [4.78, 5) is 19.0. The van der Waals surface area contributed by atoms with E-state index in [9.17, 15) is 9.90 Å². The van der Waals surface area contributed by atoms with Crippen molar-refractivity contribution in [3.05, 3.63) is 94.5 Å². The van der Waals surface area contributed by atoms with Gasteiger partial charge in [-0.05, 0) is 53.6 Å². The van der Waals surface area contributed by atoms with Crippen LogP contribution in [-0.4, -0.2) is 22.9 Å². The van der Waals surface area contributed by atoms with E-state index in [1.54, 1.807) is 0 Å². The molecule has 0 aliphatic heterocycles. The van der Waals surface area contributed by atoms with Crippen LogP contribution in [-0.2, 0) is 10.3 Å². The first kappa shape index (κ1) is 23.9. The molecule has 4 heteroatoms. The molecule has 0 saturated heterocycles. The highest BCUT2D eigenvalue weighted by atomic mass is 16.7. The van der Waals surface area contributed by atoms with Crippen LogP contribution in [0.15, 0.2) is 71.9 Å². The van der Waals surface area contributed by atoms with Crippen LogP contribution in [0.4, 0.5) is 0 Å². The van der Waals surface area contributed by atoms with Gasteiger partial charge in [0.05, 0.1) is 0 Å². The highest BCUT2D eigenvalue weighted by Gasteiger charge is 2.42. The summed E-state index contributed by atoms with van der Waals surface area (Å²) >= 11 is 0. The van der Waals surface area contributed by atoms with Gasteiger partial charge < -0.3 is 9.94 Å². The molecule has 34 heavy (non-hydrogen) atoms. The molecule has 0 heterocycles. The lowest BCUT2D eigenvalue weighted by Gasteiger charge is -2.32. The molecule has 1 aliphatic rings. The molecule has 3 aromatic rings. The molecule has 0 bridgehead atoms. The molecule has 0 saturated carbocycles. The van der Waals surface area contributed by atoms with Gasteiger partial charge in [-0.2, -0.15) is 0 Å². The molecular weight excluding hydrogens is 422 g/mol. The Bertz CT molecular complexity index is 1220. The highest BCUT2D eigenvalue weighted by molar-refractivity contribution is 6.51. The SMILES string of the molecule is CCCC1(CCC)c2ccccc2-c2ccc(C(=O)/C(=N/OC(C)O)c3ccccc3C)cc21. The van der Waals surface area contributed by atoms with E-state index in [0.717, 1.165) is 31.2 Å². The van der Waals surface area contributed by atoms with Gasteiger partial charge in [0.25, 0.3) is 0 Å². The summed E-state index contributed by atoms with van der Waals surface area (Å²) in [5.74, 6) is -0.212. The maximum Gasteiger partial charge on any atom is 0.221 e. The fraction of sp³-hybridized carbons (Fsp3) is 0.333. The second-order valence-electron chi connectivity index (χ2n) is 9.18. The Morgan fingerprint density at radius 1 is 0.941 bits per heavy atom. The predicted molar refractivity (Wildman–Crippen MR) is 137 cm³/mol. The Kier molecular flexibility index (Phi) is 6.99. The van der Waals surface area contributed by atoms with Gasteiger partial charge in [0.2, 0.25) is 12.1 Å². The molecule has 0 amide bonds. The van der Waals surface area contributed by atoms with E-state index in [4.69, 9.17) is 4.84 Å². The van der Waals surface area contributed by atoms with Crippen molar-refractivity contribution >= 4 is 11.5 Å². The van der Waals surface area contributed by atoms with Crippen LogP contribution in [0.2, 0.25) is 0 Å². The van der Waals surface area contributed by atoms with Crippen LogP contribution in [0.3, 0.4) is 0 Å². The molecule has 0 radical (unpaired) electrons. The molecule has 1 unspecified atom stereocenters. The molecule has 176 valence electrons. The van der Waals surface area contributed by atoms with Crippen LogP contribution < -0.4 is 0 Å². The van der Waals surface area contributed by atoms with Crippen LogP contribution in [0.5, 0.6) is 0 Å². The van der Waals surface area contributed by atoms with E-state index in [-0.39, 0.29) is 16.9 Å². The summed E-state index contributed by atoms with van der Waals surface area (Å²) in [5.41, 5.74) is 7.38. The largest absolute Gasteiger partial charge is 0.363 e. The van der Waals surface area contributed by atoms with Crippen molar-refractivity contribution in [2.45, 2.75) is 65.1 Å². The lowest BCUT2D eigenvalue weighted by Crippen LogP contribution is -2.26. The van der Waals surface area contributed by atoms with E-state index in [0.29, 0.717) is 11.1 Å². The van der Waals surface area contributed by atoms with Gasteiger partial charge in [0.1, 0.15) is 0 Å². The number of carbonyl (C=O) groups excluding carboxylic acids is 1. The van der Waals surface area contributed by atoms with E-state index >= 15 is 0 Å². The van der Waals surface area contributed by atoms with Crippen molar-refractivity contribution in [2.24, 2.45) is 5.16 Å². The molecule has 1 atom stereocenters. The van der Waals surface area contributed by atoms with Crippen molar-refractivity contribution in [1.29, 1.82) is 0 Å². The molecule has 3 aromatic carbocycles. The molecule has 1 N–H and O–H groups in total. The fourth-order valence-electron chi connectivity index (χ4n) is 5.43. The molecular formula is C30H33NO3. The summed E-state index contributed by atoms with van der Waals surface area (Å²) in [5, 5.41) is 13.7. The van der Waals surface area contributed by atoms with Crippen LogP contribution in [0.1, 0.15) is 79.1 Å². The van der Waals surface area contributed by atoms with Crippen molar-refractivity contribution in [3.63, 3.8) is 0 Å². The van der Waals surface area contributed by atoms with Crippen molar-refractivity contribution in [2.75, 3.05) is 0 Å². The average molecular weight is 456 g/mol. The Morgan fingerprint density at radius 3 is 2.26 bits per heavy atom. The van der Waals surface area contributed by atoms with Crippen LogP contribution in [0, 0.1) is 6.92 Å². The topological polar surface area (TPSA) is 58.9 Å². The van der Waals surface area contributed by atoms with Gasteiger partial charge in [0.15, 0.2) is 5.71 Å². The number of aliphatic hydroxyl groups is 1. The van der Waals surface area contributed by atoms with E-state index in [2.05, 4.69) is 55.4 Å². The van der Waals surface area contributed by atoms with E-state index in [1.807, 2.05) is 37.3 Å². The number of fused-ring (bicyclic) bond motifs is 3. The van der Waals surface area contributed by atoms with Gasteiger partial charge >= 0.3 is 0 Å². The lowest BCUT2D eigenvalue weighted by molar-refractivity contribution is -0.0835. The molecule has 0 aromatic heterocycles. The Labute approximate surface area is 202 Å². The maximum atomic E-state index is 13.8. The Balaban J connectivity index is 1.86. The summed E-state index contributed by atoms with van der Waals surface area (Å²) in [6.45, 7) is 7.86. The number of oxime groups is 1. The average Bonchev–Trinajstić information content (AvgIpc) is 3.10. The summed E-state index contributed by atoms with van der Waals surface area (Å²) < 4.78 is 0. The van der Waals surface area contributed by atoms with Crippen molar-refractivity contribution < 1.29 is 14.7 Å². The zero-order valence-electron chi connectivity index (χ0n) is 20.5. The predicted octanol–water partition coefficient (Wildman–Crippen LogP) is 6.80. The molecule has 0 fully saturated rings. The quantitative estimate of drug-likeness (QED) is 0.167. The number of aliphatic hydroxyl groups excluding tert-OH is 1. The van der Waals surface area contributed by atoms with E-state index in [1.165, 1.54) is 29.2 Å². The second-order valence-corrected chi connectivity index (χ2v) is 9.18.